The van der Waals surface area contributed by atoms with Crippen molar-refractivity contribution in [2.24, 2.45) is 0 Å². The predicted molar refractivity (Wildman–Crippen MR) is 72.3 cm³/mol. The predicted octanol–water partition coefficient (Wildman–Crippen LogP) is 2.13. The molecule has 1 aromatic carbocycles. The van der Waals surface area contributed by atoms with Crippen molar-refractivity contribution in [3.05, 3.63) is 38.7 Å². The number of hydrogen-bond donors (Lipinski definition) is 0. The van der Waals surface area contributed by atoms with Crippen LogP contribution in [0.3, 0.4) is 0 Å². The van der Waals surface area contributed by atoms with Crippen molar-refractivity contribution < 1.29 is 9.55 Å². The van der Waals surface area contributed by atoms with Crippen molar-refractivity contribution in [3.63, 3.8) is 0 Å². The van der Waals surface area contributed by atoms with Gasteiger partial charge in [0.15, 0.2) is 13.6 Å². The molecule has 0 unspecified atom stereocenters. The number of hydrogen-bond acceptors (Lipinski definition) is 2. The zero-order valence-corrected chi connectivity index (χ0v) is 11.9. The average Bonchev–Trinajstić information content (AvgIpc) is 2.34. The summed E-state index contributed by atoms with van der Waals surface area (Å²) in [4.78, 5) is 24.6. The summed E-state index contributed by atoms with van der Waals surface area (Å²) in [5.74, 6) is 0.0586. The highest BCUT2D eigenvalue weighted by atomic mass is 79.9. The van der Waals surface area contributed by atoms with Gasteiger partial charge in [-0.1, -0.05) is 22.0 Å². The lowest BCUT2D eigenvalue weighted by Crippen LogP contribution is -2.36. The van der Waals surface area contributed by atoms with E-state index in [-0.39, 0.29) is 12.5 Å². The minimum atomic E-state index is 0.0586. The van der Waals surface area contributed by atoms with Crippen molar-refractivity contribution in [2.75, 3.05) is 20.1 Å². The molecule has 1 aromatic rings. The van der Waals surface area contributed by atoms with Gasteiger partial charge in [0, 0.05) is 22.5 Å². The standard InChI is InChI=1S/C13H16BrN2O2/c1-15(18)6-5-13(17)16-7-4-10-2-3-12(14)8-11(10)9-16/h2-3,8H,4-7,9H2,1H3/q+1. The molecule has 4 nitrogen and oxygen atoms in total. The van der Waals surface area contributed by atoms with E-state index in [4.69, 9.17) is 0 Å². The number of nitroso groups, excluding NO2 is 1. The van der Waals surface area contributed by atoms with Crippen molar-refractivity contribution in [2.45, 2.75) is 19.4 Å². The summed E-state index contributed by atoms with van der Waals surface area (Å²) in [6, 6.07) is 6.20. The molecule has 1 amide bonds. The van der Waals surface area contributed by atoms with E-state index in [9.17, 15) is 9.70 Å². The summed E-state index contributed by atoms with van der Waals surface area (Å²) >= 11 is 3.45. The Bertz CT molecular complexity index is 488. The fraction of sp³-hybridized carbons (Fsp3) is 0.462. The summed E-state index contributed by atoms with van der Waals surface area (Å²) in [6.45, 7) is 1.66. The highest BCUT2D eigenvalue weighted by Crippen LogP contribution is 2.23. The van der Waals surface area contributed by atoms with Gasteiger partial charge >= 0.3 is 0 Å². The van der Waals surface area contributed by atoms with Gasteiger partial charge in [-0.25, -0.2) is 0 Å². The highest BCUT2D eigenvalue weighted by Gasteiger charge is 2.21. The van der Waals surface area contributed by atoms with E-state index in [1.54, 1.807) is 0 Å². The van der Waals surface area contributed by atoms with Gasteiger partial charge in [-0.05, 0) is 34.4 Å². The summed E-state index contributed by atoms with van der Waals surface area (Å²) in [5.41, 5.74) is 2.50. The second-order valence-electron chi connectivity index (χ2n) is 4.58. The summed E-state index contributed by atoms with van der Waals surface area (Å²) in [6.07, 6.45) is 1.19. The van der Waals surface area contributed by atoms with Crippen molar-refractivity contribution in [1.82, 2.24) is 4.90 Å². The Morgan fingerprint density at radius 1 is 1.44 bits per heavy atom. The normalized spacial score (nSPS) is 14.2. The maximum absolute atomic E-state index is 11.9. The molecule has 1 aliphatic heterocycles. The maximum atomic E-state index is 11.9. The summed E-state index contributed by atoms with van der Waals surface area (Å²) < 4.78 is 1.83. The Hall–Kier alpha value is -1.23. The number of halogens is 1. The van der Waals surface area contributed by atoms with Crippen LogP contribution in [0.2, 0.25) is 0 Å². The minimum Gasteiger partial charge on any atom is -0.338 e. The molecule has 0 saturated heterocycles. The average molecular weight is 312 g/mol. The van der Waals surface area contributed by atoms with E-state index in [1.807, 2.05) is 11.0 Å². The van der Waals surface area contributed by atoms with E-state index in [0.29, 0.717) is 13.0 Å². The quantitative estimate of drug-likeness (QED) is 0.802. The SMILES string of the molecule is C[N+](=O)CCC(=O)N1CCc2ccc(Br)cc2C1. The number of rotatable bonds is 3. The van der Waals surface area contributed by atoms with Gasteiger partial charge in [0.25, 0.3) is 0 Å². The molecule has 0 bridgehead atoms. The fourth-order valence-electron chi connectivity index (χ4n) is 2.15. The molecule has 0 fully saturated rings. The smallest absolute Gasteiger partial charge is 0.229 e. The molecule has 0 saturated carbocycles. The number of carbonyl (C=O) groups excluding carboxylic acids is 1. The molecule has 1 aliphatic rings. The third-order valence-corrected chi connectivity index (χ3v) is 3.67. The molecule has 2 rings (SSSR count). The molecule has 1 heterocycles. The Labute approximate surface area is 115 Å². The van der Waals surface area contributed by atoms with Crippen LogP contribution in [-0.4, -0.2) is 35.7 Å². The van der Waals surface area contributed by atoms with Gasteiger partial charge in [-0.15, -0.1) is 0 Å². The van der Waals surface area contributed by atoms with E-state index >= 15 is 0 Å². The molecule has 0 aromatic heterocycles. The number of amides is 1. The molecule has 18 heavy (non-hydrogen) atoms. The van der Waals surface area contributed by atoms with Crippen LogP contribution in [0.25, 0.3) is 0 Å². The lowest BCUT2D eigenvalue weighted by molar-refractivity contribution is -0.517. The number of fused-ring (bicyclic) bond motifs is 1. The van der Waals surface area contributed by atoms with Gasteiger partial charge in [0.2, 0.25) is 5.91 Å². The first kappa shape index (κ1) is 13.2. The lowest BCUT2D eigenvalue weighted by Gasteiger charge is -2.28. The second-order valence-corrected chi connectivity index (χ2v) is 5.50. The fourth-order valence-corrected chi connectivity index (χ4v) is 2.56. The van der Waals surface area contributed by atoms with Crippen LogP contribution in [0.4, 0.5) is 0 Å². The molecule has 0 spiro atoms. The van der Waals surface area contributed by atoms with Crippen LogP contribution in [0, 0.1) is 4.91 Å². The molecule has 0 atom stereocenters. The second kappa shape index (κ2) is 5.61. The van der Waals surface area contributed by atoms with Gasteiger partial charge in [0.1, 0.15) is 0 Å². The van der Waals surface area contributed by atoms with E-state index < -0.39 is 0 Å². The summed E-state index contributed by atoms with van der Waals surface area (Å²) in [5, 5.41) is 0. The van der Waals surface area contributed by atoms with Crippen LogP contribution in [0.5, 0.6) is 0 Å². The number of carbonyl (C=O) groups is 1. The monoisotopic (exact) mass is 311 g/mol. The highest BCUT2D eigenvalue weighted by molar-refractivity contribution is 9.10. The third-order valence-electron chi connectivity index (χ3n) is 3.17. The summed E-state index contributed by atoms with van der Waals surface area (Å²) in [7, 11) is 1.44. The first-order valence-corrected chi connectivity index (χ1v) is 6.79. The Morgan fingerprint density at radius 2 is 2.22 bits per heavy atom. The number of nitrogens with zero attached hydrogens (tertiary/aromatic N) is 2. The zero-order chi connectivity index (χ0) is 13.1. The minimum absolute atomic E-state index is 0.0586. The Morgan fingerprint density at radius 3 is 2.94 bits per heavy atom. The topological polar surface area (TPSA) is 40.4 Å². The van der Waals surface area contributed by atoms with Crippen LogP contribution in [-0.2, 0) is 17.8 Å². The third kappa shape index (κ3) is 3.16. The molecular weight excluding hydrogens is 296 g/mol. The molecule has 0 radical (unpaired) electrons. The first-order chi connectivity index (χ1) is 8.56. The van der Waals surface area contributed by atoms with Crippen LogP contribution in [0.15, 0.2) is 22.7 Å². The van der Waals surface area contributed by atoms with Gasteiger partial charge in [0.05, 0.1) is 6.42 Å². The van der Waals surface area contributed by atoms with E-state index in [0.717, 1.165) is 22.2 Å². The molecule has 0 N–H and O–H groups in total. The lowest BCUT2D eigenvalue weighted by atomic mass is 10.00. The number of benzene rings is 1. The largest absolute Gasteiger partial charge is 0.338 e. The van der Waals surface area contributed by atoms with Gasteiger partial charge < -0.3 is 4.90 Å². The first-order valence-electron chi connectivity index (χ1n) is 5.99. The Kier molecular flexibility index (Phi) is 4.11. The van der Waals surface area contributed by atoms with Gasteiger partial charge in [-0.2, -0.15) is 0 Å². The van der Waals surface area contributed by atoms with Crippen LogP contribution >= 0.6 is 15.9 Å². The molecule has 0 aliphatic carbocycles. The van der Waals surface area contributed by atoms with Crippen molar-refractivity contribution >= 4 is 21.8 Å². The molecule has 5 heteroatoms. The Balaban J connectivity index is 2.02. The van der Waals surface area contributed by atoms with E-state index in [2.05, 4.69) is 28.1 Å². The zero-order valence-electron chi connectivity index (χ0n) is 10.4. The molecule has 96 valence electrons. The van der Waals surface area contributed by atoms with Crippen LogP contribution in [0.1, 0.15) is 17.5 Å². The van der Waals surface area contributed by atoms with Crippen molar-refractivity contribution in [1.29, 1.82) is 0 Å². The van der Waals surface area contributed by atoms with Crippen LogP contribution < -0.4 is 0 Å². The van der Waals surface area contributed by atoms with E-state index in [1.165, 1.54) is 18.2 Å². The maximum Gasteiger partial charge on any atom is 0.229 e. The van der Waals surface area contributed by atoms with Crippen molar-refractivity contribution in [3.8, 4) is 0 Å². The van der Waals surface area contributed by atoms with Gasteiger partial charge in [-0.3, -0.25) is 4.79 Å². The molecular formula is C13H16BrN2O2+.